The zero-order valence-electron chi connectivity index (χ0n) is 11.3. The van der Waals surface area contributed by atoms with E-state index in [1.807, 2.05) is 0 Å². The summed E-state index contributed by atoms with van der Waals surface area (Å²) in [7, 11) is 0. The summed E-state index contributed by atoms with van der Waals surface area (Å²) in [5.74, 6) is 5.43. The minimum absolute atomic E-state index is 0.0324. The molecule has 0 bridgehead atoms. The monoisotopic (exact) mass is 278 g/mol. The van der Waals surface area contributed by atoms with E-state index < -0.39 is 10.8 Å². The molecule has 0 spiro atoms. The Labute approximate surface area is 116 Å². The fourth-order valence-electron chi connectivity index (χ4n) is 2.57. The third kappa shape index (κ3) is 3.05. The van der Waals surface area contributed by atoms with Gasteiger partial charge in [0.2, 0.25) is 0 Å². The quantitative estimate of drug-likeness (QED) is 0.442. The Bertz CT molecular complexity index is 532. The van der Waals surface area contributed by atoms with Gasteiger partial charge in [-0.1, -0.05) is 6.92 Å². The lowest BCUT2D eigenvalue weighted by Crippen LogP contribution is -2.33. The average Bonchev–Trinajstić information content (AvgIpc) is 2.83. The largest absolute Gasteiger partial charge is 0.349 e. The normalized spacial score (nSPS) is 21.5. The number of nitro benzene ring substituents is 1. The van der Waals surface area contributed by atoms with Gasteiger partial charge in [-0.15, -0.1) is 0 Å². The second kappa shape index (κ2) is 5.87. The summed E-state index contributed by atoms with van der Waals surface area (Å²) in [6, 6.07) is 4.23. The molecule has 1 amide bonds. The van der Waals surface area contributed by atoms with Gasteiger partial charge < -0.3 is 10.7 Å². The van der Waals surface area contributed by atoms with Crippen LogP contribution in [0.15, 0.2) is 18.2 Å². The molecule has 1 saturated carbocycles. The van der Waals surface area contributed by atoms with Crippen molar-refractivity contribution >= 4 is 17.3 Å². The van der Waals surface area contributed by atoms with Crippen molar-refractivity contribution in [3.05, 3.63) is 33.9 Å². The number of nitrogens with one attached hydrogen (secondary N) is 2. The highest BCUT2D eigenvalue weighted by atomic mass is 16.6. The van der Waals surface area contributed by atoms with Gasteiger partial charge in [-0.2, -0.15) is 0 Å². The maximum absolute atomic E-state index is 12.2. The third-order valence-electron chi connectivity index (χ3n) is 3.63. The van der Waals surface area contributed by atoms with Gasteiger partial charge in [-0.25, -0.2) is 0 Å². The first kappa shape index (κ1) is 14.3. The highest BCUT2D eigenvalue weighted by molar-refractivity contribution is 5.99. The summed E-state index contributed by atoms with van der Waals surface area (Å²) in [5.41, 5.74) is 2.66. The predicted octanol–water partition coefficient (Wildman–Crippen LogP) is 1.80. The van der Waals surface area contributed by atoms with Crippen LogP contribution in [0.3, 0.4) is 0 Å². The van der Waals surface area contributed by atoms with Crippen molar-refractivity contribution in [3.63, 3.8) is 0 Å². The lowest BCUT2D eigenvalue weighted by atomic mass is 10.1. The number of carbonyl (C=O) groups is 1. The van der Waals surface area contributed by atoms with E-state index in [-0.39, 0.29) is 17.3 Å². The second-order valence-corrected chi connectivity index (χ2v) is 5.22. The van der Waals surface area contributed by atoms with Crippen molar-refractivity contribution in [1.82, 2.24) is 5.32 Å². The van der Waals surface area contributed by atoms with E-state index in [4.69, 9.17) is 5.84 Å². The minimum Gasteiger partial charge on any atom is -0.349 e. The number of nitrogen functional groups attached to an aromatic ring is 1. The Morgan fingerprint density at radius 1 is 1.45 bits per heavy atom. The molecule has 2 unspecified atom stereocenters. The van der Waals surface area contributed by atoms with E-state index in [1.54, 1.807) is 0 Å². The van der Waals surface area contributed by atoms with Crippen molar-refractivity contribution in [2.75, 3.05) is 5.43 Å². The van der Waals surface area contributed by atoms with Gasteiger partial charge in [0.25, 0.3) is 11.6 Å². The maximum atomic E-state index is 12.2. The molecule has 4 N–H and O–H groups in total. The lowest BCUT2D eigenvalue weighted by molar-refractivity contribution is -0.385. The molecule has 0 radical (unpaired) electrons. The molecule has 7 heteroatoms. The summed E-state index contributed by atoms with van der Waals surface area (Å²) < 4.78 is 0. The molecule has 0 aromatic heterocycles. The van der Waals surface area contributed by atoms with Gasteiger partial charge in [0, 0.05) is 17.8 Å². The molecule has 1 fully saturated rings. The van der Waals surface area contributed by atoms with Gasteiger partial charge in [0.15, 0.2) is 0 Å². The van der Waals surface area contributed by atoms with Crippen LogP contribution < -0.4 is 16.6 Å². The van der Waals surface area contributed by atoms with Crippen LogP contribution in [0, 0.1) is 16.0 Å². The van der Waals surface area contributed by atoms with Crippen molar-refractivity contribution < 1.29 is 9.72 Å². The molecule has 1 aromatic rings. The number of nitrogens with zero attached hydrogens (tertiary/aromatic N) is 1. The Hall–Kier alpha value is -2.15. The third-order valence-corrected chi connectivity index (χ3v) is 3.63. The van der Waals surface area contributed by atoms with Crippen LogP contribution in [0.5, 0.6) is 0 Å². The molecule has 1 aliphatic carbocycles. The zero-order valence-corrected chi connectivity index (χ0v) is 11.3. The number of anilines is 1. The fourth-order valence-corrected chi connectivity index (χ4v) is 2.57. The topological polar surface area (TPSA) is 110 Å². The number of hydrogen-bond donors (Lipinski definition) is 3. The molecule has 20 heavy (non-hydrogen) atoms. The average molecular weight is 278 g/mol. The first-order chi connectivity index (χ1) is 9.51. The smallest absolute Gasteiger partial charge is 0.282 e. The maximum Gasteiger partial charge on any atom is 0.282 e. The van der Waals surface area contributed by atoms with Crippen LogP contribution in [0.25, 0.3) is 0 Å². The molecule has 1 aliphatic rings. The van der Waals surface area contributed by atoms with Crippen molar-refractivity contribution in [2.24, 2.45) is 11.8 Å². The summed E-state index contributed by atoms with van der Waals surface area (Å²) in [6.07, 6.45) is 2.89. The lowest BCUT2D eigenvalue weighted by Gasteiger charge is -2.13. The van der Waals surface area contributed by atoms with Crippen LogP contribution in [-0.4, -0.2) is 16.9 Å². The Balaban J connectivity index is 2.21. The number of rotatable bonds is 4. The first-order valence-corrected chi connectivity index (χ1v) is 6.57. The number of benzene rings is 1. The molecular formula is C13H18N4O3. The van der Waals surface area contributed by atoms with E-state index in [0.717, 1.165) is 19.3 Å². The number of nitro groups is 1. The molecule has 108 valence electrons. The molecule has 0 aliphatic heterocycles. The van der Waals surface area contributed by atoms with Crippen molar-refractivity contribution in [3.8, 4) is 0 Å². The summed E-state index contributed by atoms with van der Waals surface area (Å²) in [4.78, 5) is 22.6. The van der Waals surface area contributed by atoms with E-state index in [0.29, 0.717) is 11.6 Å². The van der Waals surface area contributed by atoms with E-state index in [9.17, 15) is 14.9 Å². The summed E-state index contributed by atoms with van der Waals surface area (Å²) in [5, 5.41) is 13.8. The minimum atomic E-state index is -0.563. The van der Waals surface area contributed by atoms with Gasteiger partial charge in [0.1, 0.15) is 5.56 Å². The van der Waals surface area contributed by atoms with Crippen LogP contribution >= 0.6 is 0 Å². The number of hydrogen-bond acceptors (Lipinski definition) is 5. The fraction of sp³-hybridized carbons (Fsp3) is 0.462. The highest BCUT2D eigenvalue weighted by Gasteiger charge is 2.26. The van der Waals surface area contributed by atoms with E-state index in [2.05, 4.69) is 17.7 Å². The Morgan fingerprint density at radius 2 is 2.20 bits per heavy atom. The Morgan fingerprint density at radius 3 is 2.75 bits per heavy atom. The molecule has 7 nitrogen and oxygen atoms in total. The van der Waals surface area contributed by atoms with Gasteiger partial charge in [-0.05, 0) is 37.3 Å². The number of amides is 1. The van der Waals surface area contributed by atoms with Crippen LogP contribution in [-0.2, 0) is 0 Å². The van der Waals surface area contributed by atoms with Crippen LogP contribution in [0.4, 0.5) is 11.4 Å². The summed E-state index contributed by atoms with van der Waals surface area (Å²) in [6.45, 7) is 2.13. The predicted molar refractivity (Wildman–Crippen MR) is 75.2 cm³/mol. The number of carbonyl (C=O) groups excluding carboxylic acids is 1. The summed E-state index contributed by atoms with van der Waals surface area (Å²) >= 11 is 0. The van der Waals surface area contributed by atoms with Gasteiger partial charge >= 0.3 is 0 Å². The van der Waals surface area contributed by atoms with Gasteiger partial charge in [-0.3, -0.25) is 20.8 Å². The molecule has 0 heterocycles. The van der Waals surface area contributed by atoms with E-state index >= 15 is 0 Å². The first-order valence-electron chi connectivity index (χ1n) is 6.57. The molecule has 1 aromatic carbocycles. The van der Waals surface area contributed by atoms with Crippen LogP contribution in [0.1, 0.15) is 36.5 Å². The molecular weight excluding hydrogens is 260 g/mol. The van der Waals surface area contributed by atoms with E-state index in [1.165, 1.54) is 18.2 Å². The number of nitrogens with two attached hydrogens (primary N) is 1. The second-order valence-electron chi connectivity index (χ2n) is 5.22. The Kier molecular flexibility index (Phi) is 4.19. The zero-order chi connectivity index (χ0) is 14.7. The van der Waals surface area contributed by atoms with Crippen molar-refractivity contribution in [2.45, 2.75) is 32.2 Å². The molecule has 2 atom stereocenters. The van der Waals surface area contributed by atoms with Crippen molar-refractivity contribution in [1.29, 1.82) is 0 Å². The highest BCUT2D eigenvalue weighted by Crippen LogP contribution is 2.26. The molecule has 2 rings (SSSR count). The van der Waals surface area contributed by atoms with Crippen LogP contribution in [0.2, 0.25) is 0 Å². The van der Waals surface area contributed by atoms with Gasteiger partial charge in [0.05, 0.1) is 4.92 Å². The molecule has 0 saturated heterocycles. The SMILES string of the molecule is CC1CCC(NC(=O)c2cc(NN)ccc2[N+](=O)[O-])C1. The standard InChI is InChI=1S/C13H18N4O3/c1-8-2-3-9(6-8)15-13(18)11-7-10(16-14)4-5-12(11)17(19)20/h4-5,7-9,16H,2-3,6,14H2,1H3,(H,15,18). The number of hydrazine groups is 1.